The first-order valence-corrected chi connectivity index (χ1v) is 8.67. The number of rotatable bonds is 0. The molecule has 1 aliphatic carbocycles. The van der Waals surface area contributed by atoms with Gasteiger partial charge in [-0.1, -0.05) is 35.4 Å². The number of benzene rings is 1. The van der Waals surface area contributed by atoms with E-state index in [1.165, 1.54) is 33.5 Å². The van der Waals surface area contributed by atoms with E-state index >= 15 is 0 Å². The molecule has 2 heterocycles. The smallest absolute Gasteiger partial charge is 0.0739 e. The summed E-state index contributed by atoms with van der Waals surface area (Å²) in [6, 6.07) is 11.3. The Kier molecular flexibility index (Phi) is 3.78. The average molecular weight is 304 g/mol. The Hall–Kier alpha value is -1.93. The van der Waals surface area contributed by atoms with Crippen LogP contribution in [0.2, 0.25) is 0 Å². The number of pyridine rings is 1. The van der Waals surface area contributed by atoms with Gasteiger partial charge < -0.3 is 4.90 Å². The zero-order valence-electron chi connectivity index (χ0n) is 14.1. The van der Waals surface area contributed by atoms with Crippen LogP contribution in [0, 0.1) is 6.92 Å². The quantitative estimate of drug-likeness (QED) is 0.731. The predicted octanol–water partition coefficient (Wildman–Crippen LogP) is 4.02. The molecule has 1 fully saturated rings. The second kappa shape index (κ2) is 5.93. The van der Waals surface area contributed by atoms with Crippen molar-refractivity contribution in [3.63, 3.8) is 0 Å². The van der Waals surface area contributed by atoms with Crippen LogP contribution in [-0.2, 0) is 12.8 Å². The lowest BCUT2D eigenvalue weighted by molar-refractivity contribution is 0.313. The van der Waals surface area contributed by atoms with Crippen molar-refractivity contribution in [1.29, 1.82) is 0 Å². The molecule has 2 nitrogen and oxygen atoms in total. The van der Waals surface area contributed by atoms with Crippen molar-refractivity contribution in [2.45, 2.75) is 32.6 Å². The largest absolute Gasteiger partial charge is 0.306 e. The Morgan fingerprint density at radius 2 is 1.74 bits per heavy atom. The summed E-state index contributed by atoms with van der Waals surface area (Å²) in [5.74, 6) is 0. The van der Waals surface area contributed by atoms with Gasteiger partial charge in [0, 0.05) is 24.9 Å². The van der Waals surface area contributed by atoms with Gasteiger partial charge >= 0.3 is 0 Å². The third-order valence-corrected chi connectivity index (χ3v) is 5.27. The van der Waals surface area contributed by atoms with Crippen molar-refractivity contribution in [2.75, 3.05) is 20.1 Å². The normalized spacial score (nSPS) is 18.3. The number of hydrogen-bond acceptors (Lipinski definition) is 2. The molecule has 1 saturated heterocycles. The molecule has 4 rings (SSSR count). The van der Waals surface area contributed by atoms with Gasteiger partial charge in [0.15, 0.2) is 0 Å². The first-order valence-electron chi connectivity index (χ1n) is 8.67. The van der Waals surface area contributed by atoms with Crippen LogP contribution in [0.1, 0.15) is 40.8 Å². The lowest BCUT2D eigenvalue weighted by Crippen LogP contribution is -2.27. The number of aryl methyl sites for hydroxylation is 3. The predicted molar refractivity (Wildman–Crippen MR) is 95.6 cm³/mol. The van der Waals surface area contributed by atoms with Crippen molar-refractivity contribution >= 4 is 5.57 Å². The van der Waals surface area contributed by atoms with Crippen LogP contribution in [0.15, 0.2) is 42.1 Å². The number of piperidine rings is 1. The van der Waals surface area contributed by atoms with Crippen molar-refractivity contribution < 1.29 is 0 Å². The van der Waals surface area contributed by atoms with Gasteiger partial charge in [-0.15, -0.1) is 0 Å². The van der Waals surface area contributed by atoms with E-state index in [1.807, 2.05) is 6.20 Å². The second-order valence-corrected chi connectivity index (χ2v) is 6.95. The zero-order valence-corrected chi connectivity index (χ0v) is 14.1. The maximum absolute atomic E-state index is 4.80. The summed E-state index contributed by atoms with van der Waals surface area (Å²) in [7, 11) is 2.22. The molecule has 2 aromatic rings. The maximum atomic E-state index is 4.80. The summed E-state index contributed by atoms with van der Waals surface area (Å²) >= 11 is 0. The molecule has 0 atom stereocenters. The summed E-state index contributed by atoms with van der Waals surface area (Å²) in [5.41, 5.74) is 9.93. The van der Waals surface area contributed by atoms with Crippen LogP contribution in [0.5, 0.6) is 0 Å². The highest BCUT2D eigenvalue weighted by Crippen LogP contribution is 2.37. The molecule has 0 radical (unpaired) electrons. The maximum Gasteiger partial charge on any atom is 0.0739 e. The summed E-state index contributed by atoms with van der Waals surface area (Å²) in [5, 5.41) is 0. The van der Waals surface area contributed by atoms with Gasteiger partial charge in [0.2, 0.25) is 0 Å². The number of fused-ring (bicyclic) bond motifs is 2. The summed E-state index contributed by atoms with van der Waals surface area (Å²) in [4.78, 5) is 7.23. The van der Waals surface area contributed by atoms with Gasteiger partial charge in [-0.25, -0.2) is 0 Å². The molecular formula is C21H24N2. The highest BCUT2D eigenvalue weighted by Gasteiger charge is 2.24. The molecule has 2 aliphatic rings. The van der Waals surface area contributed by atoms with Gasteiger partial charge in [-0.3, -0.25) is 4.98 Å². The summed E-state index contributed by atoms with van der Waals surface area (Å²) in [6.07, 6.45) is 6.49. The third kappa shape index (κ3) is 2.72. The van der Waals surface area contributed by atoms with Gasteiger partial charge in [0.25, 0.3) is 0 Å². The molecule has 0 spiro atoms. The van der Waals surface area contributed by atoms with E-state index in [0.717, 1.165) is 38.8 Å². The molecule has 1 aromatic heterocycles. The van der Waals surface area contributed by atoms with E-state index in [9.17, 15) is 0 Å². The number of hydrogen-bond donors (Lipinski definition) is 0. The standard InChI is InChI=1S/C21H24N2/c1-15-5-8-19-18(14-15)7-6-17-4-3-11-22-21(17)20(19)16-9-12-23(2)13-10-16/h3-5,8,11,14H,6-7,9-10,12-13H2,1-2H3. The third-order valence-electron chi connectivity index (χ3n) is 5.27. The molecule has 23 heavy (non-hydrogen) atoms. The summed E-state index contributed by atoms with van der Waals surface area (Å²) < 4.78 is 0. The molecular weight excluding hydrogens is 280 g/mol. The van der Waals surface area contributed by atoms with Crippen molar-refractivity contribution in [3.8, 4) is 0 Å². The fourth-order valence-electron chi connectivity index (χ4n) is 3.93. The molecule has 0 bridgehead atoms. The zero-order chi connectivity index (χ0) is 15.8. The van der Waals surface area contributed by atoms with E-state index in [0.29, 0.717) is 0 Å². The minimum atomic E-state index is 1.09. The molecule has 2 heteroatoms. The molecule has 118 valence electrons. The number of aromatic nitrogens is 1. The van der Waals surface area contributed by atoms with Gasteiger partial charge in [-0.2, -0.15) is 0 Å². The molecule has 1 aliphatic heterocycles. The lowest BCUT2D eigenvalue weighted by atomic mass is 9.88. The van der Waals surface area contributed by atoms with E-state index in [-0.39, 0.29) is 0 Å². The van der Waals surface area contributed by atoms with E-state index in [1.54, 1.807) is 5.57 Å². The van der Waals surface area contributed by atoms with Crippen molar-refractivity contribution in [3.05, 3.63) is 70.0 Å². The van der Waals surface area contributed by atoms with E-state index in [2.05, 4.69) is 49.2 Å². The number of likely N-dealkylation sites (tertiary alicyclic amines) is 1. The van der Waals surface area contributed by atoms with Crippen molar-refractivity contribution in [2.24, 2.45) is 0 Å². The van der Waals surface area contributed by atoms with Crippen LogP contribution in [0.3, 0.4) is 0 Å². The monoisotopic (exact) mass is 304 g/mol. The Morgan fingerprint density at radius 3 is 2.57 bits per heavy atom. The minimum absolute atomic E-state index is 1.09. The fraction of sp³-hybridized carbons (Fsp3) is 0.381. The first kappa shape index (κ1) is 14.6. The number of nitrogens with zero attached hydrogens (tertiary/aromatic N) is 2. The Bertz CT molecular complexity index is 763. The van der Waals surface area contributed by atoms with Crippen molar-refractivity contribution in [1.82, 2.24) is 9.88 Å². The van der Waals surface area contributed by atoms with Crippen LogP contribution < -0.4 is 0 Å². The van der Waals surface area contributed by atoms with Gasteiger partial charge in [0.1, 0.15) is 0 Å². The fourth-order valence-corrected chi connectivity index (χ4v) is 3.93. The molecule has 0 amide bonds. The van der Waals surface area contributed by atoms with Crippen LogP contribution in [0.25, 0.3) is 5.57 Å². The van der Waals surface area contributed by atoms with Crippen LogP contribution >= 0.6 is 0 Å². The van der Waals surface area contributed by atoms with Crippen LogP contribution in [0.4, 0.5) is 0 Å². The molecule has 0 N–H and O–H groups in total. The van der Waals surface area contributed by atoms with Crippen LogP contribution in [-0.4, -0.2) is 30.0 Å². The molecule has 0 saturated carbocycles. The van der Waals surface area contributed by atoms with E-state index in [4.69, 9.17) is 4.98 Å². The lowest BCUT2D eigenvalue weighted by Gasteiger charge is -2.27. The SMILES string of the molecule is Cc1ccc2c(c1)CCc1cccnc1C2=C1CCN(C)CC1. The van der Waals surface area contributed by atoms with E-state index < -0.39 is 0 Å². The van der Waals surface area contributed by atoms with Gasteiger partial charge in [-0.05, 0) is 62.4 Å². The Morgan fingerprint density at radius 1 is 0.957 bits per heavy atom. The highest BCUT2D eigenvalue weighted by atomic mass is 15.1. The first-order chi connectivity index (χ1) is 11.2. The minimum Gasteiger partial charge on any atom is -0.306 e. The average Bonchev–Trinajstić information content (AvgIpc) is 2.72. The summed E-state index contributed by atoms with van der Waals surface area (Å²) in [6.45, 7) is 4.50. The highest BCUT2D eigenvalue weighted by molar-refractivity contribution is 5.84. The second-order valence-electron chi connectivity index (χ2n) is 6.95. The van der Waals surface area contributed by atoms with Gasteiger partial charge in [0.05, 0.1) is 5.69 Å². The molecule has 0 unspecified atom stereocenters. The molecule has 1 aromatic carbocycles. The Labute approximate surface area is 138 Å². The topological polar surface area (TPSA) is 16.1 Å². The Balaban J connectivity index is 1.94.